The minimum Gasteiger partial charge on any atom is -0.321 e. The summed E-state index contributed by atoms with van der Waals surface area (Å²) in [6.45, 7) is 0. The molecule has 0 spiro atoms. The van der Waals surface area contributed by atoms with E-state index in [0.717, 1.165) is 10.4 Å². The zero-order valence-corrected chi connectivity index (χ0v) is 11.7. The number of thiazole rings is 1. The largest absolute Gasteiger partial charge is 0.321 e. The van der Waals surface area contributed by atoms with Crippen molar-refractivity contribution >= 4 is 22.9 Å². The maximum atomic E-state index is 13.1. The third-order valence-electron chi connectivity index (χ3n) is 2.90. The first-order valence-electron chi connectivity index (χ1n) is 6.30. The van der Waals surface area contributed by atoms with Crippen LogP contribution in [0.4, 0.5) is 10.1 Å². The van der Waals surface area contributed by atoms with Gasteiger partial charge in [0.25, 0.3) is 5.91 Å². The number of rotatable bonds is 3. The van der Waals surface area contributed by atoms with Gasteiger partial charge in [-0.15, -0.1) is 11.3 Å². The summed E-state index contributed by atoms with van der Waals surface area (Å²) < 4.78 is 13.1. The molecule has 0 bridgehead atoms. The summed E-state index contributed by atoms with van der Waals surface area (Å²) in [4.78, 5) is 17.2. The molecular weight excluding hydrogens is 287 g/mol. The number of carbonyl (C=O) groups excluding carboxylic acids is 1. The molecule has 0 radical (unpaired) electrons. The van der Waals surface area contributed by atoms with Gasteiger partial charge in [0.1, 0.15) is 11.5 Å². The van der Waals surface area contributed by atoms with Crippen molar-refractivity contribution in [3.8, 4) is 10.4 Å². The van der Waals surface area contributed by atoms with Gasteiger partial charge in [-0.1, -0.05) is 36.4 Å². The van der Waals surface area contributed by atoms with Gasteiger partial charge in [-0.2, -0.15) is 0 Å². The maximum absolute atomic E-state index is 13.1. The lowest BCUT2D eigenvalue weighted by Crippen LogP contribution is -2.13. The number of nitrogens with one attached hydrogen (secondary N) is 1. The van der Waals surface area contributed by atoms with Crippen LogP contribution in [-0.2, 0) is 0 Å². The Bertz CT molecular complexity index is 771. The van der Waals surface area contributed by atoms with Gasteiger partial charge < -0.3 is 5.32 Å². The van der Waals surface area contributed by atoms with E-state index in [1.54, 1.807) is 17.6 Å². The van der Waals surface area contributed by atoms with E-state index in [1.807, 2.05) is 30.3 Å². The monoisotopic (exact) mass is 298 g/mol. The van der Waals surface area contributed by atoms with Crippen LogP contribution >= 0.6 is 11.3 Å². The fourth-order valence-electron chi connectivity index (χ4n) is 1.96. The van der Waals surface area contributed by atoms with Gasteiger partial charge in [0.15, 0.2) is 0 Å². The number of nitrogens with zero attached hydrogens (tertiary/aromatic N) is 1. The van der Waals surface area contributed by atoms with Crippen molar-refractivity contribution in [2.24, 2.45) is 0 Å². The Balaban J connectivity index is 1.88. The first-order valence-corrected chi connectivity index (χ1v) is 7.18. The Morgan fingerprint density at radius 1 is 1.10 bits per heavy atom. The van der Waals surface area contributed by atoms with E-state index in [1.165, 1.54) is 23.5 Å². The zero-order valence-electron chi connectivity index (χ0n) is 10.9. The topological polar surface area (TPSA) is 42.0 Å². The molecule has 5 heteroatoms. The summed E-state index contributed by atoms with van der Waals surface area (Å²) in [7, 11) is 0. The predicted octanol–water partition coefficient (Wildman–Crippen LogP) is 4.20. The van der Waals surface area contributed by atoms with Crippen LogP contribution < -0.4 is 5.32 Å². The molecule has 0 aliphatic carbocycles. The maximum Gasteiger partial charge on any atom is 0.275 e. The lowest BCUT2D eigenvalue weighted by atomic mass is 10.1. The van der Waals surface area contributed by atoms with Crippen molar-refractivity contribution in [3.05, 3.63) is 71.6 Å². The van der Waals surface area contributed by atoms with Crippen molar-refractivity contribution in [2.45, 2.75) is 0 Å². The van der Waals surface area contributed by atoms with E-state index in [-0.39, 0.29) is 5.91 Å². The molecule has 2 aromatic carbocycles. The minimum absolute atomic E-state index is 0.343. The van der Waals surface area contributed by atoms with Gasteiger partial charge in [-0.3, -0.25) is 4.79 Å². The molecule has 1 N–H and O–H groups in total. The molecule has 0 atom stereocenters. The highest BCUT2D eigenvalue weighted by Gasteiger charge is 2.16. The van der Waals surface area contributed by atoms with Gasteiger partial charge >= 0.3 is 0 Å². The zero-order chi connectivity index (χ0) is 14.7. The van der Waals surface area contributed by atoms with Crippen molar-refractivity contribution < 1.29 is 9.18 Å². The van der Waals surface area contributed by atoms with Gasteiger partial charge in [0, 0.05) is 5.69 Å². The Morgan fingerprint density at radius 3 is 2.67 bits per heavy atom. The molecule has 1 heterocycles. The fourth-order valence-corrected chi connectivity index (χ4v) is 2.75. The molecule has 3 aromatic rings. The van der Waals surface area contributed by atoms with Crippen LogP contribution in [0.1, 0.15) is 10.5 Å². The van der Waals surface area contributed by atoms with Crippen LogP contribution in [0.3, 0.4) is 0 Å². The Labute approximate surface area is 125 Å². The second-order valence-electron chi connectivity index (χ2n) is 4.36. The third-order valence-corrected chi connectivity index (χ3v) is 3.78. The standard InChI is InChI=1S/C16H11FN2OS/c17-12-7-4-8-13(9-12)19-16(20)14-15(21-10-18-14)11-5-2-1-3-6-11/h1-10H,(H,19,20). The highest BCUT2D eigenvalue weighted by molar-refractivity contribution is 7.13. The van der Waals surface area contributed by atoms with Crippen LogP contribution in [-0.4, -0.2) is 10.9 Å². The normalized spacial score (nSPS) is 10.3. The second-order valence-corrected chi connectivity index (χ2v) is 5.22. The highest BCUT2D eigenvalue weighted by atomic mass is 32.1. The lowest BCUT2D eigenvalue weighted by Gasteiger charge is -2.05. The molecule has 3 nitrogen and oxygen atoms in total. The molecular formula is C16H11FN2OS. The first-order chi connectivity index (χ1) is 10.2. The van der Waals surface area contributed by atoms with Crippen LogP contribution in [0, 0.1) is 5.82 Å². The number of halogens is 1. The van der Waals surface area contributed by atoms with E-state index < -0.39 is 5.82 Å². The minimum atomic E-state index is -0.394. The summed E-state index contributed by atoms with van der Waals surface area (Å²) in [6.07, 6.45) is 0. The number of benzene rings is 2. The molecule has 1 amide bonds. The Kier molecular flexibility index (Phi) is 3.75. The average molecular weight is 298 g/mol. The molecule has 3 rings (SSSR count). The predicted molar refractivity (Wildman–Crippen MR) is 81.9 cm³/mol. The SMILES string of the molecule is O=C(Nc1cccc(F)c1)c1ncsc1-c1ccccc1. The Hall–Kier alpha value is -2.53. The molecule has 0 unspecified atom stereocenters. The molecule has 104 valence electrons. The molecule has 21 heavy (non-hydrogen) atoms. The quantitative estimate of drug-likeness (QED) is 0.787. The number of anilines is 1. The number of hydrogen-bond acceptors (Lipinski definition) is 3. The van der Waals surface area contributed by atoms with Gasteiger partial charge in [-0.25, -0.2) is 9.37 Å². The summed E-state index contributed by atoms with van der Waals surface area (Å²) >= 11 is 1.40. The summed E-state index contributed by atoms with van der Waals surface area (Å²) in [5.74, 6) is -0.741. The van der Waals surface area contributed by atoms with Crippen molar-refractivity contribution in [2.75, 3.05) is 5.32 Å². The van der Waals surface area contributed by atoms with Crippen LogP contribution in [0.25, 0.3) is 10.4 Å². The first kappa shape index (κ1) is 13.5. The third kappa shape index (κ3) is 2.98. The average Bonchev–Trinajstić information content (AvgIpc) is 2.98. The van der Waals surface area contributed by atoms with Crippen molar-refractivity contribution in [1.29, 1.82) is 0 Å². The fraction of sp³-hybridized carbons (Fsp3) is 0. The molecule has 0 aliphatic rings. The molecule has 0 aliphatic heterocycles. The van der Waals surface area contributed by atoms with Crippen molar-refractivity contribution in [3.63, 3.8) is 0 Å². The molecule has 0 saturated carbocycles. The summed E-state index contributed by atoms with van der Waals surface area (Å²) in [5, 5.41) is 2.66. The lowest BCUT2D eigenvalue weighted by molar-refractivity contribution is 0.102. The summed E-state index contributed by atoms with van der Waals surface area (Å²) in [6, 6.07) is 15.3. The molecule has 0 saturated heterocycles. The van der Waals surface area contributed by atoms with Crippen LogP contribution in [0.15, 0.2) is 60.1 Å². The van der Waals surface area contributed by atoms with E-state index in [2.05, 4.69) is 10.3 Å². The van der Waals surface area contributed by atoms with E-state index >= 15 is 0 Å². The van der Waals surface area contributed by atoms with Crippen molar-refractivity contribution in [1.82, 2.24) is 4.98 Å². The number of aromatic nitrogens is 1. The van der Waals surface area contributed by atoms with E-state index in [9.17, 15) is 9.18 Å². The van der Waals surface area contributed by atoms with Crippen LogP contribution in [0.2, 0.25) is 0 Å². The van der Waals surface area contributed by atoms with Gasteiger partial charge in [0.05, 0.1) is 10.4 Å². The second kappa shape index (κ2) is 5.85. The number of hydrogen-bond donors (Lipinski definition) is 1. The van der Waals surface area contributed by atoms with Gasteiger partial charge in [-0.05, 0) is 23.8 Å². The highest BCUT2D eigenvalue weighted by Crippen LogP contribution is 2.28. The number of carbonyl (C=O) groups is 1. The summed E-state index contributed by atoms with van der Waals surface area (Å²) in [5.41, 5.74) is 3.31. The van der Waals surface area contributed by atoms with Crippen LogP contribution in [0.5, 0.6) is 0 Å². The number of amides is 1. The smallest absolute Gasteiger partial charge is 0.275 e. The van der Waals surface area contributed by atoms with E-state index in [0.29, 0.717) is 11.4 Å². The molecule has 0 fully saturated rings. The van der Waals surface area contributed by atoms with Gasteiger partial charge in [0.2, 0.25) is 0 Å². The molecule has 1 aromatic heterocycles. The van der Waals surface area contributed by atoms with E-state index in [4.69, 9.17) is 0 Å². The Morgan fingerprint density at radius 2 is 1.90 bits per heavy atom.